The maximum Gasteiger partial charge on any atom is 0.234 e. The van der Waals surface area contributed by atoms with Crippen molar-refractivity contribution >= 4 is 23.4 Å². The average molecular weight is 366 g/mol. The minimum Gasteiger partial charge on any atom is -0.323 e. The first-order chi connectivity index (χ1) is 12.5. The summed E-state index contributed by atoms with van der Waals surface area (Å²) in [4.78, 5) is 12.4. The zero-order valence-electron chi connectivity index (χ0n) is 15.3. The van der Waals surface area contributed by atoms with Gasteiger partial charge in [0.2, 0.25) is 5.91 Å². The fraction of sp³-hybridized carbons (Fsp3) is 0.238. The minimum atomic E-state index is -0.00362. The normalized spacial score (nSPS) is 10.7. The molecule has 0 aliphatic carbocycles. The molecule has 1 heterocycles. The van der Waals surface area contributed by atoms with Gasteiger partial charge in [-0.3, -0.25) is 4.79 Å². The largest absolute Gasteiger partial charge is 0.323 e. The van der Waals surface area contributed by atoms with E-state index in [-0.39, 0.29) is 5.91 Å². The van der Waals surface area contributed by atoms with E-state index < -0.39 is 0 Å². The number of rotatable bonds is 6. The van der Waals surface area contributed by atoms with Gasteiger partial charge in [-0.2, -0.15) is 5.10 Å². The number of anilines is 1. The third-order valence-corrected chi connectivity index (χ3v) is 5.04. The molecule has 4 nitrogen and oxygen atoms in total. The zero-order valence-corrected chi connectivity index (χ0v) is 16.1. The summed E-state index contributed by atoms with van der Waals surface area (Å²) in [6.07, 6.45) is 0. The fourth-order valence-corrected chi connectivity index (χ4v) is 3.56. The lowest BCUT2D eigenvalue weighted by Gasteiger charge is -2.12. The summed E-state index contributed by atoms with van der Waals surface area (Å²) in [5.41, 5.74) is 6.14. The molecular weight excluding hydrogens is 342 g/mol. The Morgan fingerprint density at radius 1 is 1.08 bits per heavy atom. The maximum atomic E-state index is 12.4. The van der Waals surface area contributed by atoms with Crippen LogP contribution < -0.4 is 5.32 Å². The summed E-state index contributed by atoms with van der Waals surface area (Å²) in [7, 11) is 0. The van der Waals surface area contributed by atoms with E-state index >= 15 is 0 Å². The van der Waals surface area contributed by atoms with Gasteiger partial charge >= 0.3 is 0 Å². The van der Waals surface area contributed by atoms with Crippen LogP contribution in [0.15, 0.2) is 54.6 Å². The van der Waals surface area contributed by atoms with E-state index in [1.54, 1.807) is 11.8 Å². The highest BCUT2D eigenvalue weighted by Gasteiger charge is 2.11. The molecule has 0 aliphatic heterocycles. The van der Waals surface area contributed by atoms with Crippen molar-refractivity contribution in [1.82, 2.24) is 9.78 Å². The molecule has 0 atom stereocenters. The molecule has 0 aliphatic rings. The van der Waals surface area contributed by atoms with Gasteiger partial charge < -0.3 is 5.32 Å². The van der Waals surface area contributed by atoms with Gasteiger partial charge in [-0.1, -0.05) is 42.0 Å². The highest BCUT2D eigenvalue weighted by molar-refractivity contribution is 7.99. The number of hydrogen-bond donors (Lipinski definition) is 1. The molecule has 26 heavy (non-hydrogen) atoms. The van der Waals surface area contributed by atoms with Gasteiger partial charge in [-0.15, -0.1) is 11.8 Å². The Hall–Kier alpha value is -2.53. The Morgan fingerprint density at radius 3 is 2.50 bits per heavy atom. The van der Waals surface area contributed by atoms with E-state index in [2.05, 4.69) is 41.6 Å². The van der Waals surface area contributed by atoms with Gasteiger partial charge in [0, 0.05) is 11.4 Å². The molecule has 0 saturated carbocycles. The van der Waals surface area contributed by atoms with Crippen molar-refractivity contribution in [1.29, 1.82) is 0 Å². The average Bonchev–Trinajstić information content (AvgIpc) is 2.95. The molecule has 3 rings (SSSR count). The first kappa shape index (κ1) is 18.3. The summed E-state index contributed by atoms with van der Waals surface area (Å²) in [5, 5.41) is 7.54. The van der Waals surface area contributed by atoms with E-state index in [0.717, 1.165) is 28.5 Å². The van der Waals surface area contributed by atoms with Crippen LogP contribution in [0.2, 0.25) is 0 Å². The van der Waals surface area contributed by atoms with Crippen molar-refractivity contribution in [2.24, 2.45) is 0 Å². The molecule has 0 radical (unpaired) electrons. The second-order valence-corrected chi connectivity index (χ2v) is 7.37. The van der Waals surface area contributed by atoms with E-state index in [1.807, 2.05) is 48.9 Å². The van der Waals surface area contributed by atoms with Gasteiger partial charge in [0.05, 0.1) is 22.8 Å². The van der Waals surface area contributed by atoms with E-state index in [9.17, 15) is 4.79 Å². The van der Waals surface area contributed by atoms with Crippen LogP contribution in [0.5, 0.6) is 0 Å². The van der Waals surface area contributed by atoms with Crippen molar-refractivity contribution in [2.45, 2.75) is 26.5 Å². The standard InChI is InChI=1S/C21H23N3OS/c1-15-8-10-18(11-9-15)13-26-14-21(25)22-19-6-4-5-7-20(19)24-17(3)12-16(2)23-24/h4-12H,13-14H2,1-3H3,(H,22,25). The number of para-hydroxylation sites is 2. The number of carbonyl (C=O) groups excluding carboxylic acids is 1. The summed E-state index contributed by atoms with van der Waals surface area (Å²) in [6, 6.07) is 18.2. The number of nitrogens with one attached hydrogen (secondary N) is 1. The van der Waals surface area contributed by atoms with E-state index in [1.165, 1.54) is 11.1 Å². The van der Waals surface area contributed by atoms with Crippen LogP contribution in [0.3, 0.4) is 0 Å². The van der Waals surface area contributed by atoms with E-state index in [0.29, 0.717) is 5.75 Å². The molecule has 2 aromatic carbocycles. The van der Waals surface area contributed by atoms with Crippen LogP contribution in [0.1, 0.15) is 22.5 Å². The summed E-state index contributed by atoms with van der Waals surface area (Å²) >= 11 is 1.61. The second-order valence-electron chi connectivity index (χ2n) is 6.38. The van der Waals surface area contributed by atoms with Crippen LogP contribution >= 0.6 is 11.8 Å². The zero-order chi connectivity index (χ0) is 18.5. The first-order valence-corrected chi connectivity index (χ1v) is 9.74. The smallest absolute Gasteiger partial charge is 0.234 e. The molecule has 1 N–H and O–H groups in total. The van der Waals surface area contributed by atoms with Crippen molar-refractivity contribution in [3.63, 3.8) is 0 Å². The van der Waals surface area contributed by atoms with Crippen molar-refractivity contribution in [3.8, 4) is 5.69 Å². The first-order valence-electron chi connectivity index (χ1n) is 8.59. The highest BCUT2D eigenvalue weighted by Crippen LogP contribution is 2.22. The van der Waals surface area contributed by atoms with Crippen LogP contribution in [-0.4, -0.2) is 21.4 Å². The summed E-state index contributed by atoms with van der Waals surface area (Å²) in [5.74, 6) is 1.24. The topological polar surface area (TPSA) is 46.9 Å². The van der Waals surface area contributed by atoms with E-state index in [4.69, 9.17) is 0 Å². The second kappa shape index (κ2) is 8.23. The number of nitrogens with zero attached hydrogens (tertiary/aromatic N) is 2. The SMILES string of the molecule is Cc1ccc(CSCC(=O)Nc2ccccc2-n2nc(C)cc2C)cc1. The van der Waals surface area contributed by atoms with Crippen LogP contribution in [-0.2, 0) is 10.5 Å². The number of carbonyl (C=O) groups is 1. The molecule has 0 fully saturated rings. The lowest BCUT2D eigenvalue weighted by molar-refractivity contribution is -0.113. The molecular formula is C21H23N3OS. The number of benzene rings is 2. The predicted octanol–water partition coefficient (Wildman–Crippen LogP) is 4.67. The number of amides is 1. The van der Waals surface area contributed by atoms with Gasteiger partial charge in [-0.05, 0) is 44.5 Å². The highest BCUT2D eigenvalue weighted by atomic mass is 32.2. The Morgan fingerprint density at radius 2 is 1.81 bits per heavy atom. The quantitative estimate of drug-likeness (QED) is 0.690. The third kappa shape index (κ3) is 4.55. The fourth-order valence-electron chi connectivity index (χ4n) is 2.77. The molecule has 5 heteroatoms. The lowest BCUT2D eigenvalue weighted by atomic mass is 10.2. The Kier molecular flexibility index (Phi) is 5.78. The molecule has 3 aromatic rings. The molecule has 134 valence electrons. The molecule has 0 unspecified atom stereocenters. The summed E-state index contributed by atoms with van der Waals surface area (Å²) < 4.78 is 1.87. The number of aryl methyl sites for hydroxylation is 3. The predicted molar refractivity (Wildman–Crippen MR) is 109 cm³/mol. The summed E-state index contributed by atoms with van der Waals surface area (Å²) in [6.45, 7) is 6.05. The number of hydrogen-bond acceptors (Lipinski definition) is 3. The van der Waals surface area contributed by atoms with Gasteiger partial charge in [0.25, 0.3) is 0 Å². The lowest BCUT2D eigenvalue weighted by Crippen LogP contribution is -2.16. The van der Waals surface area contributed by atoms with Crippen molar-refractivity contribution < 1.29 is 4.79 Å². The van der Waals surface area contributed by atoms with Crippen LogP contribution in [0, 0.1) is 20.8 Å². The Balaban J connectivity index is 1.63. The number of thioether (sulfide) groups is 1. The van der Waals surface area contributed by atoms with Gasteiger partial charge in [0.1, 0.15) is 0 Å². The molecule has 1 aromatic heterocycles. The Bertz CT molecular complexity index is 900. The molecule has 0 spiro atoms. The Labute approximate surface area is 158 Å². The molecule has 0 saturated heterocycles. The molecule has 1 amide bonds. The third-order valence-electron chi connectivity index (χ3n) is 4.04. The van der Waals surface area contributed by atoms with Crippen molar-refractivity contribution in [3.05, 3.63) is 77.1 Å². The monoisotopic (exact) mass is 365 g/mol. The maximum absolute atomic E-state index is 12.4. The number of aromatic nitrogens is 2. The van der Waals surface area contributed by atoms with Crippen molar-refractivity contribution in [2.75, 3.05) is 11.1 Å². The molecule has 0 bridgehead atoms. The van der Waals surface area contributed by atoms with Gasteiger partial charge in [0.15, 0.2) is 0 Å². The van der Waals surface area contributed by atoms with Crippen LogP contribution in [0.4, 0.5) is 5.69 Å². The van der Waals surface area contributed by atoms with Crippen LogP contribution in [0.25, 0.3) is 5.69 Å². The van der Waals surface area contributed by atoms with Gasteiger partial charge in [-0.25, -0.2) is 4.68 Å². The minimum absolute atomic E-state index is 0.00362.